The summed E-state index contributed by atoms with van der Waals surface area (Å²) >= 11 is 0. The first-order valence-electron chi connectivity index (χ1n) is 6.90. The van der Waals surface area contributed by atoms with E-state index in [0.29, 0.717) is 12.0 Å². The third-order valence-corrected chi connectivity index (χ3v) is 2.88. The zero-order valence-corrected chi connectivity index (χ0v) is 12.7. The lowest BCUT2D eigenvalue weighted by atomic mass is 9.92. The molecule has 1 aliphatic heterocycles. The van der Waals surface area contributed by atoms with E-state index in [1.54, 1.807) is 39.8 Å². The highest BCUT2D eigenvalue weighted by molar-refractivity contribution is 5.93. The van der Waals surface area contributed by atoms with Crippen molar-refractivity contribution in [2.24, 2.45) is 0 Å². The van der Waals surface area contributed by atoms with Gasteiger partial charge in [0.1, 0.15) is 0 Å². The van der Waals surface area contributed by atoms with Crippen LogP contribution in [0.5, 0.6) is 0 Å². The SMILES string of the molecule is CC[C@]1(C(=O)OC(C)C)C=CC(C(=O)OC(C)C)=CN1. The Kier molecular flexibility index (Phi) is 5.36. The van der Waals surface area contributed by atoms with Crippen LogP contribution in [-0.2, 0) is 19.1 Å². The summed E-state index contributed by atoms with van der Waals surface area (Å²) in [6.07, 6.45) is 4.94. The van der Waals surface area contributed by atoms with E-state index in [-0.39, 0.29) is 18.2 Å². The van der Waals surface area contributed by atoms with Gasteiger partial charge in [-0.3, -0.25) is 0 Å². The molecule has 0 aromatic rings. The second kappa shape index (κ2) is 6.59. The monoisotopic (exact) mass is 281 g/mol. The van der Waals surface area contributed by atoms with Crippen molar-refractivity contribution in [1.82, 2.24) is 5.32 Å². The fourth-order valence-electron chi connectivity index (χ4n) is 1.75. The minimum absolute atomic E-state index is 0.180. The molecule has 5 heteroatoms. The maximum absolute atomic E-state index is 12.1. The molecule has 1 heterocycles. The van der Waals surface area contributed by atoms with E-state index in [1.807, 2.05) is 6.92 Å². The van der Waals surface area contributed by atoms with Crippen molar-refractivity contribution in [3.63, 3.8) is 0 Å². The highest BCUT2D eigenvalue weighted by Crippen LogP contribution is 2.21. The second-order valence-corrected chi connectivity index (χ2v) is 5.31. The van der Waals surface area contributed by atoms with Gasteiger partial charge in [0.05, 0.1) is 17.8 Å². The van der Waals surface area contributed by atoms with E-state index in [1.165, 1.54) is 6.20 Å². The Morgan fingerprint density at radius 3 is 2.20 bits per heavy atom. The molecule has 1 aliphatic rings. The highest BCUT2D eigenvalue weighted by atomic mass is 16.5. The number of hydrogen-bond donors (Lipinski definition) is 1. The number of nitrogens with one attached hydrogen (secondary N) is 1. The molecule has 0 aromatic heterocycles. The Morgan fingerprint density at radius 2 is 1.80 bits per heavy atom. The van der Waals surface area contributed by atoms with Crippen molar-refractivity contribution >= 4 is 11.9 Å². The number of carbonyl (C=O) groups excluding carboxylic acids is 2. The summed E-state index contributed by atoms with van der Waals surface area (Å²) in [5, 5.41) is 2.97. The predicted octanol–water partition coefficient (Wildman–Crippen LogP) is 2.08. The zero-order valence-electron chi connectivity index (χ0n) is 12.7. The van der Waals surface area contributed by atoms with Crippen molar-refractivity contribution in [3.8, 4) is 0 Å². The third-order valence-electron chi connectivity index (χ3n) is 2.88. The summed E-state index contributed by atoms with van der Waals surface area (Å²) in [5.41, 5.74) is -0.522. The molecule has 0 unspecified atom stereocenters. The topological polar surface area (TPSA) is 64.6 Å². The molecule has 0 radical (unpaired) electrons. The third kappa shape index (κ3) is 3.85. The molecule has 0 aliphatic carbocycles. The van der Waals surface area contributed by atoms with Crippen LogP contribution in [0.25, 0.3) is 0 Å². The van der Waals surface area contributed by atoms with Gasteiger partial charge in [0.25, 0.3) is 0 Å². The molecule has 112 valence electrons. The number of rotatable bonds is 5. The van der Waals surface area contributed by atoms with E-state index < -0.39 is 11.5 Å². The molecule has 1 rings (SSSR count). The van der Waals surface area contributed by atoms with Crippen molar-refractivity contribution in [3.05, 3.63) is 23.9 Å². The van der Waals surface area contributed by atoms with Crippen LogP contribution in [0.3, 0.4) is 0 Å². The van der Waals surface area contributed by atoms with Crippen LogP contribution in [-0.4, -0.2) is 29.7 Å². The van der Waals surface area contributed by atoms with Crippen molar-refractivity contribution in [1.29, 1.82) is 0 Å². The first-order chi connectivity index (χ1) is 9.30. The standard InChI is InChI=1S/C15H23NO4/c1-6-15(14(18)20-11(4)5)8-7-12(9-16-15)13(17)19-10(2)3/h7-11,16H,6H2,1-5H3/t15-/m1/s1. The molecular formula is C15H23NO4. The Labute approximate surface area is 120 Å². The first kappa shape index (κ1) is 16.3. The van der Waals surface area contributed by atoms with E-state index >= 15 is 0 Å². The minimum Gasteiger partial charge on any atom is -0.461 e. The summed E-state index contributed by atoms with van der Waals surface area (Å²) in [7, 11) is 0. The van der Waals surface area contributed by atoms with E-state index in [9.17, 15) is 9.59 Å². The summed E-state index contributed by atoms with van der Waals surface area (Å²) < 4.78 is 10.3. The summed E-state index contributed by atoms with van der Waals surface area (Å²) in [4.78, 5) is 23.9. The average Bonchev–Trinajstić information content (AvgIpc) is 2.37. The smallest absolute Gasteiger partial charge is 0.339 e. The maximum Gasteiger partial charge on any atom is 0.339 e. The van der Waals surface area contributed by atoms with Gasteiger partial charge < -0.3 is 14.8 Å². The minimum atomic E-state index is -0.911. The van der Waals surface area contributed by atoms with E-state index in [2.05, 4.69) is 5.32 Å². The zero-order chi connectivity index (χ0) is 15.3. The van der Waals surface area contributed by atoms with Crippen molar-refractivity contribution < 1.29 is 19.1 Å². The van der Waals surface area contributed by atoms with Crippen molar-refractivity contribution in [2.45, 2.75) is 58.8 Å². The van der Waals surface area contributed by atoms with Gasteiger partial charge in [-0.25, -0.2) is 9.59 Å². The molecular weight excluding hydrogens is 258 g/mol. The summed E-state index contributed by atoms with van der Waals surface area (Å²) in [5.74, 6) is -0.760. The number of esters is 2. The van der Waals surface area contributed by atoms with Crippen LogP contribution in [0.15, 0.2) is 23.9 Å². The highest BCUT2D eigenvalue weighted by Gasteiger charge is 2.37. The van der Waals surface area contributed by atoms with Gasteiger partial charge >= 0.3 is 11.9 Å². The second-order valence-electron chi connectivity index (χ2n) is 5.31. The largest absolute Gasteiger partial charge is 0.461 e. The lowest BCUT2D eigenvalue weighted by molar-refractivity contribution is -0.153. The number of hydrogen-bond acceptors (Lipinski definition) is 5. The van der Waals surface area contributed by atoms with Gasteiger partial charge in [0.2, 0.25) is 0 Å². The molecule has 0 bridgehead atoms. The van der Waals surface area contributed by atoms with Crippen LogP contribution in [0.4, 0.5) is 0 Å². The molecule has 5 nitrogen and oxygen atoms in total. The molecule has 0 amide bonds. The average molecular weight is 281 g/mol. The Morgan fingerprint density at radius 1 is 1.20 bits per heavy atom. The molecule has 1 N–H and O–H groups in total. The molecule has 0 spiro atoms. The molecule has 1 atom stereocenters. The van der Waals surface area contributed by atoms with Crippen LogP contribution in [0, 0.1) is 0 Å². The van der Waals surface area contributed by atoms with Crippen LogP contribution in [0.1, 0.15) is 41.0 Å². The van der Waals surface area contributed by atoms with Gasteiger partial charge in [-0.1, -0.05) is 6.92 Å². The molecule has 0 aromatic carbocycles. The van der Waals surface area contributed by atoms with E-state index in [0.717, 1.165) is 0 Å². The van der Waals surface area contributed by atoms with Crippen molar-refractivity contribution in [2.75, 3.05) is 0 Å². The molecule has 0 saturated heterocycles. The van der Waals surface area contributed by atoms with E-state index in [4.69, 9.17) is 9.47 Å². The van der Waals surface area contributed by atoms with Gasteiger partial charge in [-0.2, -0.15) is 0 Å². The molecule has 0 saturated carbocycles. The summed E-state index contributed by atoms with van der Waals surface area (Å²) in [6, 6.07) is 0. The normalized spacial score (nSPS) is 21.4. The number of carbonyl (C=O) groups is 2. The van der Waals surface area contributed by atoms with Gasteiger partial charge in [-0.15, -0.1) is 0 Å². The quantitative estimate of drug-likeness (QED) is 0.782. The fourth-order valence-corrected chi connectivity index (χ4v) is 1.75. The van der Waals surface area contributed by atoms with Crippen LogP contribution >= 0.6 is 0 Å². The maximum atomic E-state index is 12.1. The first-order valence-corrected chi connectivity index (χ1v) is 6.90. The van der Waals surface area contributed by atoms with Gasteiger partial charge in [0.15, 0.2) is 5.54 Å². The predicted molar refractivity (Wildman–Crippen MR) is 75.8 cm³/mol. The Balaban J connectivity index is 2.80. The number of dihydropyridines is 1. The number of ether oxygens (including phenoxy) is 2. The lowest BCUT2D eigenvalue weighted by Crippen LogP contribution is -2.50. The van der Waals surface area contributed by atoms with Gasteiger partial charge in [0, 0.05) is 6.20 Å². The summed E-state index contributed by atoms with van der Waals surface area (Å²) in [6.45, 7) is 9.05. The molecule has 0 fully saturated rings. The fraction of sp³-hybridized carbons (Fsp3) is 0.600. The molecule has 20 heavy (non-hydrogen) atoms. The lowest BCUT2D eigenvalue weighted by Gasteiger charge is -2.31. The van der Waals surface area contributed by atoms with Crippen LogP contribution < -0.4 is 5.32 Å². The van der Waals surface area contributed by atoms with Gasteiger partial charge in [-0.05, 0) is 46.3 Å². The Bertz CT molecular complexity index is 437. The van der Waals surface area contributed by atoms with Crippen LogP contribution in [0.2, 0.25) is 0 Å². The Hall–Kier alpha value is -1.78.